The van der Waals surface area contributed by atoms with E-state index in [1.165, 1.54) is 9.91 Å². The van der Waals surface area contributed by atoms with Gasteiger partial charge in [-0.05, 0) is 90.3 Å². The van der Waals surface area contributed by atoms with Crippen LogP contribution in [0.1, 0.15) is 64.2 Å². The van der Waals surface area contributed by atoms with Crippen molar-refractivity contribution >= 4 is 34.6 Å². The van der Waals surface area contributed by atoms with E-state index in [1.807, 2.05) is 38.2 Å². The highest BCUT2D eigenvalue weighted by molar-refractivity contribution is 5.96. The van der Waals surface area contributed by atoms with Gasteiger partial charge in [0.25, 0.3) is 11.8 Å². The van der Waals surface area contributed by atoms with Gasteiger partial charge in [0.2, 0.25) is 5.91 Å². The Labute approximate surface area is 338 Å². The number of hydrogen-bond acceptors (Lipinski definition) is 10. The van der Waals surface area contributed by atoms with Crippen molar-refractivity contribution in [3.05, 3.63) is 71.5 Å². The molecule has 2 fully saturated rings. The Morgan fingerprint density at radius 2 is 1.93 bits per heavy atom. The molecule has 0 saturated carbocycles. The molecular formula is C44H54N6O8. The van der Waals surface area contributed by atoms with Crippen LogP contribution >= 0.6 is 0 Å². The third-order valence-corrected chi connectivity index (χ3v) is 11.3. The molecule has 3 N–H and O–H groups in total. The van der Waals surface area contributed by atoms with Gasteiger partial charge in [-0.1, -0.05) is 39.8 Å². The number of carbonyl (C=O) groups excluding carboxylic acids is 4. The first-order chi connectivity index (χ1) is 27.8. The van der Waals surface area contributed by atoms with Crippen LogP contribution < -0.4 is 10.7 Å². The number of nitrogens with one attached hydrogen (secondary N) is 2. The zero-order chi connectivity index (χ0) is 41.3. The molecule has 3 aliphatic heterocycles. The van der Waals surface area contributed by atoms with E-state index in [9.17, 15) is 24.3 Å². The Morgan fingerprint density at radius 1 is 1.12 bits per heavy atom. The predicted molar refractivity (Wildman–Crippen MR) is 217 cm³/mol. The lowest BCUT2D eigenvalue weighted by atomic mass is 9.84. The van der Waals surface area contributed by atoms with E-state index < -0.39 is 41.3 Å². The third-order valence-electron chi connectivity index (χ3n) is 11.3. The molecule has 2 saturated heterocycles. The van der Waals surface area contributed by atoms with Gasteiger partial charge < -0.3 is 34.1 Å². The first kappa shape index (κ1) is 40.9. The molecule has 4 aromatic rings. The number of benzene rings is 2. The number of phenols is 1. The van der Waals surface area contributed by atoms with Crippen molar-refractivity contribution in [1.29, 1.82) is 0 Å². The van der Waals surface area contributed by atoms with Crippen molar-refractivity contribution < 1.29 is 38.5 Å². The maximum Gasteiger partial charge on any atom is 0.324 e. The molecule has 1 unspecified atom stereocenters. The lowest BCUT2D eigenvalue weighted by Crippen LogP contribution is -2.62. The van der Waals surface area contributed by atoms with Crippen LogP contribution in [-0.2, 0) is 59.4 Å². The Balaban J connectivity index is 1.36. The molecule has 14 nitrogen and oxygen atoms in total. The normalized spacial score (nSPS) is 20.6. The van der Waals surface area contributed by atoms with E-state index in [4.69, 9.17) is 14.2 Å². The van der Waals surface area contributed by atoms with E-state index >= 15 is 0 Å². The Hall–Kier alpha value is -5.31. The minimum absolute atomic E-state index is 0.00560. The quantitative estimate of drug-likeness (QED) is 0.213. The number of nitrogens with zero attached hydrogens (tertiary/aromatic N) is 4. The number of rotatable bonds is 8. The topological polar surface area (TPSA) is 165 Å². The van der Waals surface area contributed by atoms with Crippen molar-refractivity contribution in [3.8, 4) is 28.1 Å². The van der Waals surface area contributed by atoms with Gasteiger partial charge in [-0.15, -0.1) is 0 Å². The summed E-state index contributed by atoms with van der Waals surface area (Å²) in [5, 5.41) is 16.5. The number of aromatic hydroxyl groups is 1. The number of hydrogen-bond donors (Lipinski definition) is 3. The number of esters is 1. The van der Waals surface area contributed by atoms with Crippen LogP contribution in [0.3, 0.4) is 0 Å². The Kier molecular flexibility index (Phi) is 11.9. The molecule has 5 heterocycles. The number of aromatic nitrogens is 2. The number of fused-ring (bicyclic) bond motifs is 6. The number of aryl methyl sites for hydroxylation is 1. The fourth-order valence-electron chi connectivity index (χ4n) is 8.61. The number of amides is 3. The summed E-state index contributed by atoms with van der Waals surface area (Å²) in [6.45, 7) is 11.3. The van der Waals surface area contributed by atoms with Gasteiger partial charge in [-0.2, -0.15) is 0 Å². The predicted octanol–water partition coefficient (Wildman–Crippen LogP) is 4.73. The van der Waals surface area contributed by atoms with Gasteiger partial charge in [0.15, 0.2) is 0 Å². The lowest BCUT2D eigenvalue weighted by Gasteiger charge is -2.36. The third kappa shape index (κ3) is 8.31. The fourth-order valence-corrected chi connectivity index (χ4v) is 8.61. The van der Waals surface area contributed by atoms with E-state index in [-0.39, 0.29) is 43.9 Å². The average Bonchev–Trinajstić information content (AvgIpc) is 3.75. The summed E-state index contributed by atoms with van der Waals surface area (Å²) < 4.78 is 19.3. The fraction of sp³-hybridized carbons (Fsp3) is 0.477. The summed E-state index contributed by atoms with van der Waals surface area (Å²) in [5.74, 6) is -2.00. The number of hydrazine groups is 1. The summed E-state index contributed by atoms with van der Waals surface area (Å²) in [6, 6.07) is 10.6. The van der Waals surface area contributed by atoms with E-state index in [2.05, 4.69) is 53.2 Å². The van der Waals surface area contributed by atoms with Gasteiger partial charge in [0, 0.05) is 60.9 Å². The minimum atomic E-state index is -1.11. The minimum Gasteiger partial charge on any atom is -0.508 e. The van der Waals surface area contributed by atoms with Gasteiger partial charge >= 0.3 is 5.97 Å². The highest BCUT2D eigenvalue weighted by Gasteiger charge is 2.39. The second-order valence-electron chi connectivity index (χ2n) is 16.7. The molecular weight excluding hydrogens is 741 g/mol. The SMILES string of the molecule is CCn1c(-c2cnccc2COC)c2c3cc(ccc31)-c1cc(O)cc(c1)C[C@H](NC(=O)C(C(C)C)N1COCC1=O)C(=O)N1CCC[C@H](N1)C(=O)OCC(C)(C)C2. The summed E-state index contributed by atoms with van der Waals surface area (Å²) in [6.07, 6.45) is 5.22. The van der Waals surface area contributed by atoms with E-state index in [0.29, 0.717) is 44.5 Å². The number of cyclic esters (lactones) is 1. The maximum atomic E-state index is 14.5. The second kappa shape index (κ2) is 16.9. The Bertz CT molecular complexity index is 2210. The highest BCUT2D eigenvalue weighted by Crippen LogP contribution is 2.41. The van der Waals surface area contributed by atoms with Crippen LogP contribution in [0.4, 0.5) is 0 Å². The van der Waals surface area contributed by atoms with Crippen molar-refractivity contribution in [2.75, 3.05) is 33.6 Å². The highest BCUT2D eigenvalue weighted by atomic mass is 16.5. The van der Waals surface area contributed by atoms with Gasteiger partial charge in [0.1, 0.15) is 37.2 Å². The van der Waals surface area contributed by atoms with Crippen molar-refractivity contribution in [1.82, 2.24) is 30.2 Å². The van der Waals surface area contributed by atoms with E-state index in [0.717, 1.165) is 44.4 Å². The maximum absolute atomic E-state index is 14.5. The molecule has 308 valence electrons. The van der Waals surface area contributed by atoms with Crippen molar-refractivity contribution in [2.45, 2.75) is 91.6 Å². The number of pyridine rings is 1. The molecule has 0 aliphatic carbocycles. The van der Waals surface area contributed by atoms with Gasteiger partial charge in [-0.25, -0.2) is 5.43 Å². The molecule has 0 spiro atoms. The molecule has 0 radical (unpaired) electrons. The van der Waals surface area contributed by atoms with Crippen molar-refractivity contribution in [3.63, 3.8) is 0 Å². The molecule has 6 bridgehead atoms. The molecule has 7 rings (SSSR count). The van der Waals surface area contributed by atoms with Crippen LogP contribution in [0.5, 0.6) is 5.75 Å². The van der Waals surface area contributed by atoms with Gasteiger partial charge in [-0.3, -0.25) is 29.2 Å². The molecule has 3 amide bonds. The zero-order valence-electron chi connectivity index (χ0n) is 34.2. The largest absolute Gasteiger partial charge is 0.508 e. The van der Waals surface area contributed by atoms with Gasteiger partial charge in [0.05, 0.1) is 18.9 Å². The molecule has 3 atom stereocenters. The van der Waals surface area contributed by atoms with Crippen LogP contribution in [0.25, 0.3) is 33.3 Å². The lowest BCUT2D eigenvalue weighted by molar-refractivity contribution is -0.155. The average molecular weight is 795 g/mol. The summed E-state index contributed by atoms with van der Waals surface area (Å²) in [4.78, 5) is 60.9. The number of carbonyl (C=O) groups is 4. The standard InChI is InChI=1S/C44H54N6O8/c1-7-48-37-11-10-28-19-32(37)33(40(48)34-21-45-13-12-29(34)22-56-6)20-44(4,5)24-58-43(55)35-9-8-14-50(47-35)42(54)36(17-27-15-30(28)18-31(51)16-27)46-41(53)39(26(2)3)49-25-57-23-38(49)52/h10-13,15-16,18-19,21,26,35-36,39,47,51H,7-9,14,17,20,22-25H2,1-6H3,(H,46,53)/t35-,36-,39?/m0/s1. The van der Waals surface area contributed by atoms with Crippen molar-refractivity contribution in [2.24, 2.45) is 11.3 Å². The summed E-state index contributed by atoms with van der Waals surface area (Å²) in [7, 11) is 1.67. The summed E-state index contributed by atoms with van der Waals surface area (Å²) in [5.41, 5.74) is 9.84. The summed E-state index contributed by atoms with van der Waals surface area (Å²) >= 11 is 0. The van der Waals surface area contributed by atoms with Crippen LogP contribution in [0.2, 0.25) is 0 Å². The smallest absolute Gasteiger partial charge is 0.324 e. The molecule has 2 aromatic heterocycles. The van der Waals surface area contributed by atoms with Crippen LogP contribution in [0, 0.1) is 11.3 Å². The molecule has 14 heteroatoms. The number of ether oxygens (including phenoxy) is 3. The monoisotopic (exact) mass is 794 g/mol. The van der Waals surface area contributed by atoms with Crippen LogP contribution in [-0.4, -0.2) is 100.0 Å². The Morgan fingerprint density at radius 3 is 2.66 bits per heavy atom. The first-order valence-electron chi connectivity index (χ1n) is 20.1. The van der Waals surface area contributed by atoms with E-state index in [1.54, 1.807) is 25.4 Å². The molecule has 2 aromatic carbocycles. The molecule has 3 aliphatic rings. The number of methoxy groups -OCH3 is 1. The number of phenolic OH excluding ortho intramolecular Hbond substituents is 1. The molecule has 58 heavy (non-hydrogen) atoms. The zero-order valence-corrected chi connectivity index (χ0v) is 34.2. The van der Waals surface area contributed by atoms with Crippen LogP contribution in [0.15, 0.2) is 54.9 Å². The first-order valence-corrected chi connectivity index (χ1v) is 20.1. The second-order valence-corrected chi connectivity index (χ2v) is 16.7.